The second kappa shape index (κ2) is 3.55. The van der Waals surface area contributed by atoms with Crippen molar-refractivity contribution in [3.05, 3.63) is 47.5 Å². The van der Waals surface area contributed by atoms with E-state index in [4.69, 9.17) is 0 Å². The van der Waals surface area contributed by atoms with E-state index in [1.807, 2.05) is 18.2 Å². The fourth-order valence-corrected chi connectivity index (χ4v) is 2.45. The Morgan fingerprint density at radius 3 is 2.47 bits per heavy atom. The molecule has 3 heteroatoms. The molecular weight excluding hydrogens is 214 g/mol. The summed E-state index contributed by atoms with van der Waals surface area (Å²) in [5, 5.41) is 0. The van der Waals surface area contributed by atoms with Crippen LogP contribution in [0.3, 0.4) is 0 Å². The number of hydrogen-bond donors (Lipinski definition) is 0. The van der Waals surface area contributed by atoms with E-state index in [9.17, 15) is 9.59 Å². The normalized spacial score (nSPS) is 27.4. The molecule has 1 fully saturated rings. The average Bonchev–Trinajstić information content (AvgIpc) is 3.05. The predicted molar refractivity (Wildman–Crippen MR) is 63.2 cm³/mol. The lowest BCUT2D eigenvalue weighted by Crippen LogP contribution is -2.33. The van der Waals surface area contributed by atoms with Crippen LogP contribution in [0.1, 0.15) is 24.8 Å². The number of imide groups is 1. The van der Waals surface area contributed by atoms with Crippen LogP contribution >= 0.6 is 0 Å². The summed E-state index contributed by atoms with van der Waals surface area (Å²) in [6, 6.07) is 10.1. The molecule has 1 aromatic rings. The van der Waals surface area contributed by atoms with Crippen LogP contribution in [0.5, 0.6) is 0 Å². The number of rotatable bonds is 2. The highest BCUT2D eigenvalue weighted by molar-refractivity contribution is 6.16. The molecule has 0 saturated heterocycles. The molecule has 86 valence electrons. The van der Waals surface area contributed by atoms with Crippen LogP contribution in [0.25, 0.3) is 0 Å². The summed E-state index contributed by atoms with van der Waals surface area (Å²) < 4.78 is 0. The molecule has 0 radical (unpaired) electrons. The van der Waals surface area contributed by atoms with Crippen molar-refractivity contribution in [2.75, 3.05) is 0 Å². The van der Waals surface area contributed by atoms with E-state index < -0.39 is 0 Å². The number of benzene rings is 1. The van der Waals surface area contributed by atoms with E-state index in [0.717, 1.165) is 6.42 Å². The van der Waals surface area contributed by atoms with Crippen molar-refractivity contribution in [3.8, 4) is 0 Å². The van der Waals surface area contributed by atoms with E-state index >= 15 is 0 Å². The van der Waals surface area contributed by atoms with Gasteiger partial charge in [-0.25, -0.2) is 0 Å². The summed E-state index contributed by atoms with van der Waals surface area (Å²) in [5.41, 5.74) is 1.76. The minimum atomic E-state index is -0.157. The Hall–Kier alpha value is -1.90. The quantitative estimate of drug-likeness (QED) is 0.723. The molecule has 2 unspecified atom stereocenters. The monoisotopic (exact) mass is 227 g/mol. The van der Waals surface area contributed by atoms with Crippen LogP contribution in [0.2, 0.25) is 0 Å². The van der Waals surface area contributed by atoms with Gasteiger partial charge in [-0.1, -0.05) is 30.3 Å². The molecule has 0 aromatic heterocycles. The first-order valence-electron chi connectivity index (χ1n) is 5.79. The van der Waals surface area contributed by atoms with E-state index in [2.05, 4.69) is 12.1 Å². The molecular formula is C14H13NO2. The highest BCUT2D eigenvalue weighted by Crippen LogP contribution is 2.46. The molecule has 0 spiro atoms. The fourth-order valence-electron chi connectivity index (χ4n) is 2.45. The summed E-state index contributed by atoms with van der Waals surface area (Å²) in [7, 11) is 0. The summed E-state index contributed by atoms with van der Waals surface area (Å²) in [6.07, 6.45) is 2.32. The van der Waals surface area contributed by atoms with Gasteiger partial charge < -0.3 is 0 Å². The molecule has 3 rings (SSSR count). The van der Waals surface area contributed by atoms with Gasteiger partial charge in [-0.2, -0.15) is 0 Å². The Kier molecular flexibility index (Phi) is 2.15. The van der Waals surface area contributed by atoms with Crippen LogP contribution in [0.15, 0.2) is 42.0 Å². The highest BCUT2D eigenvalue weighted by atomic mass is 16.2. The van der Waals surface area contributed by atoms with Crippen LogP contribution in [-0.4, -0.2) is 22.8 Å². The second-order valence-electron chi connectivity index (χ2n) is 4.66. The van der Waals surface area contributed by atoms with Gasteiger partial charge in [0.2, 0.25) is 0 Å². The molecule has 3 nitrogen and oxygen atoms in total. The molecule has 17 heavy (non-hydrogen) atoms. The third-order valence-corrected chi connectivity index (χ3v) is 3.45. The largest absolute Gasteiger partial charge is 0.271 e. The average molecular weight is 227 g/mol. The van der Waals surface area contributed by atoms with Crippen molar-refractivity contribution < 1.29 is 9.59 Å². The van der Waals surface area contributed by atoms with Gasteiger partial charge in [0.25, 0.3) is 11.8 Å². The predicted octanol–water partition coefficient (Wildman–Crippen LogP) is 1.86. The minimum Gasteiger partial charge on any atom is -0.271 e. The van der Waals surface area contributed by atoms with Crippen LogP contribution in [0.4, 0.5) is 0 Å². The Balaban J connectivity index is 1.79. The van der Waals surface area contributed by atoms with Gasteiger partial charge in [0, 0.05) is 23.6 Å². The van der Waals surface area contributed by atoms with Crippen molar-refractivity contribution in [1.29, 1.82) is 0 Å². The number of amides is 2. The molecule has 1 heterocycles. The van der Waals surface area contributed by atoms with Gasteiger partial charge in [0.1, 0.15) is 0 Å². The number of nitrogens with zero attached hydrogens (tertiary/aromatic N) is 1. The summed E-state index contributed by atoms with van der Waals surface area (Å²) >= 11 is 0. The summed E-state index contributed by atoms with van der Waals surface area (Å²) in [5.74, 6) is 0.0396. The van der Waals surface area contributed by atoms with E-state index in [1.54, 1.807) is 6.92 Å². The van der Waals surface area contributed by atoms with Crippen molar-refractivity contribution in [2.24, 2.45) is 0 Å². The Morgan fingerprint density at radius 2 is 1.88 bits per heavy atom. The molecule has 1 aliphatic heterocycles. The van der Waals surface area contributed by atoms with Crippen LogP contribution in [0, 0.1) is 0 Å². The first-order chi connectivity index (χ1) is 8.18. The van der Waals surface area contributed by atoms with Crippen LogP contribution < -0.4 is 0 Å². The lowest BCUT2D eigenvalue weighted by molar-refractivity contribution is -0.137. The number of carbonyl (C=O) groups is 2. The standard InChI is InChI=1S/C14H13NO2/c1-9-7-13(16)15(14(9)17)12-8-11(12)10-5-3-2-4-6-10/h2-7,11-12H,8H2,1H3. The zero-order chi connectivity index (χ0) is 12.0. The fraction of sp³-hybridized carbons (Fsp3) is 0.286. The van der Waals surface area contributed by atoms with Gasteiger partial charge in [-0.15, -0.1) is 0 Å². The third kappa shape index (κ3) is 1.58. The first-order valence-corrected chi connectivity index (χ1v) is 5.79. The topological polar surface area (TPSA) is 37.4 Å². The van der Waals surface area contributed by atoms with Crippen LogP contribution in [-0.2, 0) is 9.59 Å². The lowest BCUT2D eigenvalue weighted by Gasteiger charge is -2.14. The minimum absolute atomic E-state index is 0.0612. The van der Waals surface area contributed by atoms with Crippen molar-refractivity contribution in [3.63, 3.8) is 0 Å². The summed E-state index contributed by atoms with van der Waals surface area (Å²) in [4.78, 5) is 24.9. The van der Waals surface area contributed by atoms with Gasteiger partial charge in [0.05, 0.1) is 0 Å². The van der Waals surface area contributed by atoms with E-state index in [1.165, 1.54) is 16.5 Å². The first kappa shape index (κ1) is 10.3. The SMILES string of the molecule is CC1=CC(=O)N(C2CC2c2ccccc2)C1=O. The summed E-state index contributed by atoms with van der Waals surface area (Å²) in [6.45, 7) is 1.69. The van der Waals surface area contributed by atoms with E-state index in [-0.39, 0.29) is 17.9 Å². The zero-order valence-corrected chi connectivity index (χ0v) is 9.59. The van der Waals surface area contributed by atoms with Crippen molar-refractivity contribution >= 4 is 11.8 Å². The molecule has 2 amide bonds. The maximum absolute atomic E-state index is 11.8. The number of hydrogen-bond acceptors (Lipinski definition) is 2. The second-order valence-corrected chi connectivity index (χ2v) is 4.66. The lowest BCUT2D eigenvalue weighted by atomic mass is 10.1. The third-order valence-electron chi connectivity index (χ3n) is 3.45. The van der Waals surface area contributed by atoms with Gasteiger partial charge >= 0.3 is 0 Å². The van der Waals surface area contributed by atoms with Crippen molar-refractivity contribution in [1.82, 2.24) is 4.90 Å². The zero-order valence-electron chi connectivity index (χ0n) is 9.59. The Bertz CT molecular complexity index is 518. The molecule has 1 aromatic carbocycles. The maximum Gasteiger partial charge on any atom is 0.256 e. The molecule has 2 aliphatic rings. The van der Waals surface area contributed by atoms with Crippen molar-refractivity contribution in [2.45, 2.75) is 25.3 Å². The van der Waals surface area contributed by atoms with Gasteiger partial charge in [-0.3, -0.25) is 14.5 Å². The van der Waals surface area contributed by atoms with Gasteiger partial charge in [-0.05, 0) is 18.9 Å². The molecule has 0 N–H and O–H groups in total. The Morgan fingerprint density at radius 1 is 1.18 bits per heavy atom. The molecule has 2 atom stereocenters. The maximum atomic E-state index is 11.8. The molecule has 1 saturated carbocycles. The van der Waals surface area contributed by atoms with Gasteiger partial charge in [0.15, 0.2) is 0 Å². The smallest absolute Gasteiger partial charge is 0.256 e. The molecule has 0 bridgehead atoms. The highest BCUT2D eigenvalue weighted by Gasteiger charge is 2.48. The number of carbonyl (C=O) groups excluding carboxylic acids is 2. The molecule has 1 aliphatic carbocycles. The van der Waals surface area contributed by atoms with E-state index in [0.29, 0.717) is 11.5 Å². The Labute approximate surface area is 99.7 Å².